The highest BCUT2D eigenvalue weighted by molar-refractivity contribution is 7.13. The van der Waals surface area contributed by atoms with Gasteiger partial charge in [-0.3, -0.25) is 0 Å². The number of pyridine rings is 1. The molecule has 3 aromatic rings. The highest BCUT2D eigenvalue weighted by Crippen LogP contribution is 2.29. The summed E-state index contributed by atoms with van der Waals surface area (Å²) in [5.41, 5.74) is 2.17. The Morgan fingerprint density at radius 2 is 1.88 bits per heavy atom. The van der Waals surface area contributed by atoms with E-state index in [1.165, 1.54) is 0 Å². The molecule has 0 atom stereocenters. The van der Waals surface area contributed by atoms with Crippen LogP contribution in [-0.4, -0.2) is 33.0 Å². The second-order valence-corrected chi connectivity index (χ2v) is 7.03. The first-order chi connectivity index (χ1) is 12.3. The summed E-state index contributed by atoms with van der Waals surface area (Å²) >= 11 is 1.60. The monoisotopic (exact) mass is 352 g/mol. The zero-order valence-corrected chi connectivity index (χ0v) is 14.9. The topological polar surface area (TPSA) is 66.8 Å². The van der Waals surface area contributed by atoms with Gasteiger partial charge in [0.1, 0.15) is 5.82 Å². The average Bonchev–Trinajstić information content (AvgIpc) is 3.07. The molecule has 0 bridgehead atoms. The molecule has 0 unspecified atom stereocenters. The van der Waals surface area contributed by atoms with Gasteiger partial charge >= 0.3 is 0 Å². The molecule has 0 saturated carbocycles. The van der Waals surface area contributed by atoms with Gasteiger partial charge in [0.05, 0.1) is 5.69 Å². The Labute approximate surface area is 151 Å². The summed E-state index contributed by atoms with van der Waals surface area (Å²) < 4.78 is 0. The number of hydrogen-bond donors (Lipinski definition) is 1. The first-order valence-corrected chi connectivity index (χ1v) is 9.34. The van der Waals surface area contributed by atoms with Gasteiger partial charge < -0.3 is 10.2 Å². The van der Waals surface area contributed by atoms with Crippen molar-refractivity contribution in [2.45, 2.75) is 25.7 Å². The van der Waals surface area contributed by atoms with Crippen LogP contribution in [0.5, 0.6) is 0 Å². The SMILES string of the molecule is Cc1csc(Nc2cccc(C3CCN(c4ncccn4)CC3)n2)n1. The highest BCUT2D eigenvalue weighted by atomic mass is 32.1. The maximum absolute atomic E-state index is 4.80. The Bertz CT molecular complexity index is 826. The third kappa shape index (κ3) is 3.76. The van der Waals surface area contributed by atoms with Crippen molar-refractivity contribution in [3.63, 3.8) is 0 Å². The number of piperidine rings is 1. The normalized spacial score (nSPS) is 15.3. The molecule has 3 aromatic heterocycles. The third-order valence-corrected chi connectivity index (χ3v) is 5.25. The van der Waals surface area contributed by atoms with Gasteiger partial charge in [-0.1, -0.05) is 6.07 Å². The number of aromatic nitrogens is 4. The number of hydrogen-bond acceptors (Lipinski definition) is 7. The zero-order chi connectivity index (χ0) is 17.1. The van der Waals surface area contributed by atoms with E-state index in [0.29, 0.717) is 5.92 Å². The lowest BCUT2D eigenvalue weighted by Gasteiger charge is -2.31. The van der Waals surface area contributed by atoms with Crippen LogP contribution in [0.4, 0.5) is 16.9 Å². The summed E-state index contributed by atoms with van der Waals surface area (Å²) in [6, 6.07) is 8.03. The van der Waals surface area contributed by atoms with E-state index in [1.807, 2.05) is 24.4 Å². The van der Waals surface area contributed by atoms with Crippen molar-refractivity contribution >= 4 is 28.2 Å². The summed E-state index contributed by atoms with van der Waals surface area (Å²) in [5.74, 6) is 2.16. The van der Waals surface area contributed by atoms with Crippen molar-refractivity contribution in [2.75, 3.05) is 23.3 Å². The van der Waals surface area contributed by atoms with Crippen LogP contribution < -0.4 is 10.2 Å². The van der Waals surface area contributed by atoms with Crippen LogP contribution in [0.15, 0.2) is 42.0 Å². The van der Waals surface area contributed by atoms with E-state index in [9.17, 15) is 0 Å². The molecule has 4 rings (SSSR count). The second kappa shape index (κ2) is 7.14. The van der Waals surface area contributed by atoms with E-state index in [0.717, 1.165) is 54.2 Å². The molecular formula is C18H20N6S. The van der Waals surface area contributed by atoms with Crippen LogP contribution in [0.3, 0.4) is 0 Å². The van der Waals surface area contributed by atoms with E-state index in [-0.39, 0.29) is 0 Å². The predicted molar refractivity (Wildman–Crippen MR) is 101 cm³/mol. The minimum atomic E-state index is 0.472. The molecule has 128 valence electrons. The summed E-state index contributed by atoms with van der Waals surface area (Å²) in [5, 5.41) is 6.23. The molecule has 6 nitrogen and oxygen atoms in total. The number of nitrogens with one attached hydrogen (secondary N) is 1. The second-order valence-electron chi connectivity index (χ2n) is 6.18. The fraction of sp³-hybridized carbons (Fsp3) is 0.333. The van der Waals surface area contributed by atoms with Crippen LogP contribution in [-0.2, 0) is 0 Å². The fourth-order valence-electron chi connectivity index (χ4n) is 3.10. The number of nitrogens with zero attached hydrogens (tertiary/aromatic N) is 5. The summed E-state index contributed by atoms with van der Waals surface area (Å²) in [7, 11) is 0. The minimum absolute atomic E-state index is 0.472. The number of thiazole rings is 1. The lowest BCUT2D eigenvalue weighted by Crippen LogP contribution is -2.34. The van der Waals surface area contributed by atoms with Crippen molar-refractivity contribution in [3.8, 4) is 0 Å². The number of rotatable bonds is 4. The van der Waals surface area contributed by atoms with Crippen molar-refractivity contribution < 1.29 is 0 Å². The summed E-state index contributed by atoms with van der Waals surface area (Å²) in [4.78, 5) is 20.2. The molecule has 1 aliphatic heterocycles. The molecule has 7 heteroatoms. The Hall–Kier alpha value is -2.54. The molecule has 1 N–H and O–H groups in total. The molecule has 25 heavy (non-hydrogen) atoms. The van der Waals surface area contributed by atoms with Crippen molar-refractivity contribution in [1.29, 1.82) is 0 Å². The zero-order valence-electron chi connectivity index (χ0n) is 14.1. The lowest BCUT2D eigenvalue weighted by molar-refractivity contribution is 0.491. The molecule has 0 aliphatic carbocycles. The molecule has 1 fully saturated rings. The molecule has 1 saturated heterocycles. The number of anilines is 3. The van der Waals surface area contributed by atoms with Crippen molar-refractivity contribution in [3.05, 3.63) is 53.4 Å². The Balaban J connectivity index is 1.42. The molecule has 0 amide bonds. The quantitative estimate of drug-likeness (QED) is 0.771. The van der Waals surface area contributed by atoms with Gasteiger partial charge in [-0.05, 0) is 38.0 Å². The van der Waals surface area contributed by atoms with Gasteiger partial charge in [-0.15, -0.1) is 11.3 Å². The Morgan fingerprint density at radius 3 is 2.60 bits per heavy atom. The first-order valence-electron chi connectivity index (χ1n) is 8.46. The highest BCUT2D eigenvalue weighted by Gasteiger charge is 2.23. The van der Waals surface area contributed by atoms with E-state index < -0.39 is 0 Å². The molecule has 0 radical (unpaired) electrons. The maximum atomic E-state index is 4.80. The molecular weight excluding hydrogens is 332 g/mol. The largest absolute Gasteiger partial charge is 0.341 e. The molecule has 1 aliphatic rings. The third-order valence-electron chi connectivity index (χ3n) is 4.37. The average molecular weight is 352 g/mol. The predicted octanol–water partition coefficient (Wildman–Crippen LogP) is 3.76. The van der Waals surface area contributed by atoms with Crippen molar-refractivity contribution in [1.82, 2.24) is 19.9 Å². The first kappa shape index (κ1) is 16.0. The number of aryl methyl sites for hydroxylation is 1. The Morgan fingerprint density at radius 1 is 1.08 bits per heavy atom. The lowest BCUT2D eigenvalue weighted by atomic mass is 9.93. The minimum Gasteiger partial charge on any atom is -0.341 e. The van der Waals surface area contributed by atoms with Crippen LogP contribution in [0.1, 0.15) is 30.1 Å². The van der Waals surface area contributed by atoms with E-state index in [1.54, 1.807) is 23.7 Å². The summed E-state index contributed by atoms with van der Waals surface area (Å²) in [6.07, 6.45) is 5.72. The van der Waals surface area contributed by atoms with Crippen LogP contribution in [0.2, 0.25) is 0 Å². The molecule has 0 aromatic carbocycles. The van der Waals surface area contributed by atoms with Crippen LogP contribution >= 0.6 is 11.3 Å². The maximum Gasteiger partial charge on any atom is 0.225 e. The van der Waals surface area contributed by atoms with Gasteiger partial charge in [-0.25, -0.2) is 19.9 Å². The van der Waals surface area contributed by atoms with E-state index >= 15 is 0 Å². The fourth-order valence-corrected chi connectivity index (χ4v) is 3.79. The smallest absolute Gasteiger partial charge is 0.225 e. The Kier molecular flexibility index (Phi) is 4.56. The van der Waals surface area contributed by atoms with Gasteiger partial charge in [0.2, 0.25) is 5.95 Å². The molecule has 0 spiro atoms. The van der Waals surface area contributed by atoms with Gasteiger partial charge in [0, 0.05) is 42.5 Å². The van der Waals surface area contributed by atoms with Gasteiger partial charge in [-0.2, -0.15) is 0 Å². The van der Waals surface area contributed by atoms with Gasteiger partial charge in [0.15, 0.2) is 5.13 Å². The standard InChI is InChI=1S/C18H20N6S/c1-13-12-25-18(21-13)23-16-5-2-4-15(22-16)14-6-10-24(11-7-14)17-19-8-3-9-20-17/h2-5,8-9,12,14H,6-7,10-11H2,1H3,(H,21,22,23). The molecule has 4 heterocycles. The van der Waals surface area contributed by atoms with E-state index in [2.05, 4.69) is 37.3 Å². The van der Waals surface area contributed by atoms with Crippen molar-refractivity contribution in [2.24, 2.45) is 0 Å². The van der Waals surface area contributed by atoms with Gasteiger partial charge in [0.25, 0.3) is 0 Å². The summed E-state index contributed by atoms with van der Waals surface area (Å²) in [6.45, 7) is 3.91. The van der Waals surface area contributed by atoms with Crippen LogP contribution in [0.25, 0.3) is 0 Å². The van der Waals surface area contributed by atoms with Crippen LogP contribution in [0, 0.1) is 6.92 Å². The van der Waals surface area contributed by atoms with E-state index in [4.69, 9.17) is 4.98 Å².